The Bertz CT molecular complexity index is 1160. The summed E-state index contributed by atoms with van der Waals surface area (Å²) in [5, 5.41) is 11.7. The predicted octanol–water partition coefficient (Wildman–Crippen LogP) is 1.88. The van der Waals surface area contributed by atoms with E-state index >= 15 is 0 Å². The van der Waals surface area contributed by atoms with Gasteiger partial charge in [0.05, 0.1) is 12.6 Å². The molecule has 2 amide bonds. The molecule has 0 N–H and O–H groups in total. The minimum Gasteiger partial charge on any atom is -0.323 e. The van der Waals surface area contributed by atoms with Crippen molar-refractivity contribution in [3.05, 3.63) is 23.8 Å². The normalized spacial score (nSPS) is 25.4. The van der Waals surface area contributed by atoms with Crippen LogP contribution in [0.3, 0.4) is 0 Å². The van der Waals surface area contributed by atoms with Gasteiger partial charge in [0.2, 0.25) is 5.82 Å². The van der Waals surface area contributed by atoms with E-state index in [-0.39, 0.29) is 16.9 Å². The van der Waals surface area contributed by atoms with Gasteiger partial charge in [-0.15, -0.1) is 10.2 Å². The standard InChI is InChI=1S/C22H28F3N9O/c1-30-16(27-28-18(30)22(23,24)25)6-31-7-21(8-31)11-33(12-21)19(35)32-9-20(10-32)4-15(5-20)34-13-26-17(29-34)14-2-3-14/h13-15H,2-12H2,1H3. The van der Waals surface area contributed by atoms with E-state index < -0.39 is 12.0 Å². The van der Waals surface area contributed by atoms with Crippen molar-refractivity contribution in [1.82, 2.24) is 44.2 Å². The zero-order chi connectivity index (χ0) is 24.2. The lowest BCUT2D eigenvalue weighted by Crippen LogP contribution is -2.75. The Labute approximate surface area is 200 Å². The van der Waals surface area contributed by atoms with Gasteiger partial charge in [-0.25, -0.2) is 14.5 Å². The summed E-state index contributed by atoms with van der Waals surface area (Å²) in [5.74, 6) is 0.885. The SMILES string of the molecule is Cn1c(CN2CC3(C2)CN(C(=O)N2CC4(CC(n5cnc(C6CC6)n5)C4)C2)C3)nnc1C(F)(F)F. The summed E-state index contributed by atoms with van der Waals surface area (Å²) in [5.41, 5.74) is 0.310. The van der Waals surface area contributed by atoms with Crippen LogP contribution < -0.4 is 0 Å². The summed E-state index contributed by atoms with van der Waals surface area (Å²) >= 11 is 0. The summed E-state index contributed by atoms with van der Waals surface area (Å²) < 4.78 is 41.8. The molecule has 3 saturated heterocycles. The third kappa shape index (κ3) is 3.45. The molecule has 2 saturated carbocycles. The van der Waals surface area contributed by atoms with Gasteiger partial charge in [0.25, 0.3) is 0 Å². The van der Waals surface area contributed by atoms with Crippen LogP contribution >= 0.6 is 0 Å². The number of aromatic nitrogens is 6. The number of carbonyl (C=O) groups is 1. The largest absolute Gasteiger partial charge is 0.451 e. The Hall–Kier alpha value is -2.70. The number of alkyl halides is 3. The molecule has 188 valence electrons. The van der Waals surface area contributed by atoms with Crippen LogP contribution in [0, 0.1) is 10.8 Å². The molecule has 35 heavy (non-hydrogen) atoms. The van der Waals surface area contributed by atoms with Crippen LogP contribution in [0.15, 0.2) is 6.33 Å². The van der Waals surface area contributed by atoms with Gasteiger partial charge in [0.1, 0.15) is 12.2 Å². The van der Waals surface area contributed by atoms with Crippen molar-refractivity contribution < 1.29 is 18.0 Å². The molecule has 7 rings (SSSR count). The second-order valence-electron chi connectivity index (χ2n) is 11.6. The molecular formula is C22H28F3N9O. The molecule has 5 heterocycles. The van der Waals surface area contributed by atoms with E-state index in [4.69, 9.17) is 0 Å². The molecule has 0 aromatic carbocycles. The summed E-state index contributed by atoms with van der Waals surface area (Å²) in [4.78, 5) is 23.3. The van der Waals surface area contributed by atoms with Gasteiger partial charge in [0, 0.05) is 63.1 Å². The lowest BCUT2D eigenvalue weighted by Gasteiger charge is -2.63. The number of rotatable bonds is 4. The number of amides is 2. The van der Waals surface area contributed by atoms with E-state index in [9.17, 15) is 18.0 Å². The van der Waals surface area contributed by atoms with Crippen LogP contribution in [-0.2, 0) is 19.8 Å². The zero-order valence-corrected chi connectivity index (χ0v) is 19.6. The molecule has 0 bridgehead atoms. The maximum atomic E-state index is 12.9. The van der Waals surface area contributed by atoms with E-state index in [0.717, 1.165) is 49.4 Å². The average molecular weight is 492 g/mol. The molecule has 2 aromatic rings. The molecule has 3 aliphatic heterocycles. The Morgan fingerprint density at radius 3 is 2.29 bits per heavy atom. The Morgan fingerprint density at radius 2 is 1.69 bits per heavy atom. The van der Waals surface area contributed by atoms with Crippen LogP contribution in [0.5, 0.6) is 0 Å². The summed E-state index contributed by atoms with van der Waals surface area (Å²) in [7, 11) is 1.35. The molecule has 5 aliphatic rings. The first-order valence-corrected chi connectivity index (χ1v) is 12.2. The van der Waals surface area contributed by atoms with Crippen LogP contribution in [0.4, 0.5) is 18.0 Å². The first-order chi connectivity index (χ1) is 16.6. The fourth-order valence-corrected chi connectivity index (χ4v) is 6.54. The number of nitrogens with zero attached hydrogens (tertiary/aromatic N) is 9. The van der Waals surface area contributed by atoms with E-state index in [0.29, 0.717) is 37.4 Å². The van der Waals surface area contributed by atoms with E-state index in [1.54, 1.807) is 0 Å². The smallest absolute Gasteiger partial charge is 0.323 e. The van der Waals surface area contributed by atoms with Crippen molar-refractivity contribution in [3.8, 4) is 0 Å². The maximum absolute atomic E-state index is 12.9. The number of hydrogen-bond donors (Lipinski definition) is 0. The lowest BCUT2D eigenvalue weighted by atomic mass is 9.60. The van der Waals surface area contributed by atoms with Gasteiger partial charge < -0.3 is 14.4 Å². The predicted molar refractivity (Wildman–Crippen MR) is 115 cm³/mol. The topological polar surface area (TPSA) is 88.2 Å². The number of urea groups is 1. The summed E-state index contributed by atoms with van der Waals surface area (Å²) in [6.07, 6.45) is 1.89. The van der Waals surface area contributed by atoms with Crippen molar-refractivity contribution in [2.75, 3.05) is 39.3 Å². The highest BCUT2D eigenvalue weighted by molar-refractivity contribution is 5.77. The van der Waals surface area contributed by atoms with E-state index in [1.165, 1.54) is 19.9 Å². The third-order valence-corrected chi connectivity index (χ3v) is 8.53. The first-order valence-electron chi connectivity index (χ1n) is 12.2. The van der Waals surface area contributed by atoms with E-state index in [1.807, 2.05) is 20.8 Å². The lowest BCUT2D eigenvalue weighted by molar-refractivity contribution is -0.147. The van der Waals surface area contributed by atoms with Gasteiger partial charge in [0.15, 0.2) is 5.82 Å². The van der Waals surface area contributed by atoms with Crippen LogP contribution in [0.2, 0.25) is 0 Å². The Kier molecular flexibility index (Phi) is 4.28. The molecule has 2 aliphatic carbocycles. The molecule has 10 nitrogen and oxygen atoms in total. The monoisotopic (exact) mass is 491 g/mol. The highest BCUT2D eigenvalue weighted by atomic mass is 19.4. The third-order valence-electron chi connectivity index (χ3n) is 8.53. The van der Waals surface area contributed by atoms with Gasteiger partial charge >= 0.3 is 12.2 Å². The minimum absolute atomic E-state index is 0.0670. The molecule has 13 heteroatoms. The Balaban J connectivity index is 0.853. The zero-order valence-electron chi connectivity index (χ0n) is 19.6. The van der Waals surface area contributed by atoms with Gasteiger partial charge in [-0.3, -0.25) is 4.90 Å². The molecule has 5 fully saturated rings. The molecule has 0 radical (unpaired) electrons. The molecule has 0 atom stereocenters. The summed E-state index contributed by atoms with van der Waals surface area (Å²) in [6.45, 7) is 4.91. The van der Waals surface area contributed by atoms with Crippen molar-refractivity contribution in [1.29, 1.82) is 0 Å². The Morgan fingerprint density at radius 1 is 1.03 bits per heavy atom. The fraction of sp³-hybridized carbons (Fsp3) is 0.773. The molecule has 2 aromatic heterocycles. The highest BCUT2D eigenvalue weighted by Crippen LogP contribution is 2.54. The van der Waals surface area contributed by atoms with Crippen molar-refractivity contribution in [3.63, 3.8) is 0 Å². The van der Waals surface area contributed by atoms with Crippen molar-refractivity contribution in [2.45, 2.75) is 50.4 Å². The minimum atomic E-state index is -4.50. The van der Waals surface area contributed by atoms with Gasteiger partial charge in [-0.1, -0.05) is 0 Å². The van der Waals surface area contributed by atoms with Gasteiger partial charge in [-0.2, -0.15) is 18.3 Å². The second-order valence-corrected chi connectivity index (χ2v) is 11.6. The number of carbonyl (C=O) groups excluding carboxylic acids is 1. The van der Waals surface area contributed by atoms with Crippen molar-refractivity contribution >= 4 is 6.03 Å². The van der Waals surface area contributed by atoms with Crippen LogP contribution in [-0.4, -0.2) is 89.5 Å². The fourth-order valence-electron chi connectivity index (χ4n) is 6.54. The first kappa shape index (κ1) is 21.6. The van der Waals surface area contributed by atoms with Crippen LogP contribution in [0.1, 0.15) is 55.1 Å². The second kappa shape index (κ2) is 6.95. The van der Waals surface area contributed by atoms with Crippen molar-refractivity contribution in [2.24, 2.45) is 17.9 Å². The summed E-state index contributed by atoms with van der Waals surface area (Å²) in [6, 6.07) is 0.518. The van der Waals surface area contributed by atoms with Gasteiger partial charge in [-0.05, 0) is 25.7 Å². The molecule has 0 unspecified atom stereocenters. The maximum Gasteiger partial charge on any atom is 0.451 e. The average Bonchev–Trinajstić information content (AvgIpc) is 3.29. The number of hydrogen-bond acceptors (Lipinski definition) is 6. The molecule has 2 spiro atoms. The quantitative estimate of drug-likeness (QED) is 0.649. The van der Waals surface area contributed by atoms with Crippen LogP contribution in [0.25, 0.3) is 0 Å². The highest BCUT2D eigenvalue weighted by Gasteiger charge is 2.58. The van der Waals surface area contributed by atoms with E-state index in [2.05, 4.69) is 25.2 Å². The molecular weight excluding hydrogens is 463 g/mol. The number of likely N-dealkylation sites (tertiary alicyclic amines) is 3. The number of halogens is 3.